The third-order valence-electron chi connectivity index (χ3n) is 4.63. The van der Waals surface area contributed by atoms with Crippen molar-refractivity contribution < 1.29 is 14.8 Å². The van der Waals surface area contributed by atoms with Gasteiger partial charge in [-0.15, -0.1) is 0 Å². The van der Waals surface area contributed by atoms with Crippen LogP contribution in [0.2, 0.25) is 0 Å². The molecule has 102 valence electrons. The second-order valence-electron chi connectivity index (χ2n) is 5.53. The van der Waals surface area contributed by atoms with E-state index < -0.39 is 0 Å². The minimum Gasteiger partial charge on any atom is -0.496 e. The summed E-state index contributed by atoms with van der Waals surface area (Å²) in [6.45, 7) is 2.40. The standard InChI is InChI=1S/C15H20N2O2/c1-19-14-5-3-2-4-12(14)10-13-15(16-18)11-6-8-17(13)9-7-11/h2-5,11,13,18H,6-10H2,1H3/p+1/b16-15-/t13-/m0/s1. The number of hydrogen-bond acceptors (Lipinski definition) is 3. The first kappa shape index (κ1) is 12.5. The predicted octanol–water partition coefficient (Wildman–Crippen LogP) is 0.745. The number of oxime groups is 1. The summed E-state index contributed by atoms with van der Waals surface area (Å²) >= 11 is 0. The van der Waals surface area contributed by atoms with Crippen molar-refractivity contribution in [1.82, 2.24) is 0 Å². The Kier molecular flexibility index (Phi) is 3.42. The SMILES string of the molecule is COc1ccccc1C[C@H]1/C(=N\O)C2CC[NH+]1CC2. The first-order valence-electron chi connectivity index (χ1n) is 7.01. The van der Waals surface area contributed by atoms with E-state index in [-0.39, 0.29) is 0 Å². The molecule has 3 fully saturated rings. The van der Waals surface area contributed by atoms with Crippen LogP contribution in [-0.4, -0.2) is 37.2 Å². The number of para-hydroxylation sites is 1. The second kappa shape index (κ2) is 5.21. The highest BCUT2D eigenvalue weighted by molar-refractivity contribution is 5.91. The maximum atomic E-state index is 9.33. The Bertz CT molecular complexity index is 479. The first-order valence-corrected chi connectivity index (χ1v) is 7.01. The molecule has 3 aliphatic heterocycles. The fourth-order valence-corrected chi connectivity index (χ4v) is 3.62. The van der Waals surface area contributed by atoms with E-state index in [9.17, 15) is 5.21 Å². The lowest BCUT2D eigenvalue weighted by atomic mass is 9.79. The van der Waals surface area contributed by atoms with Gasteiger partial charge in [0.25, 0.3) is 0 Å². The van der Waals surface area contributed by atoms with Gasteiger partial charge in [-0.05, 0) is 6.07 Å². The second-order valence-corrected chi connectivity index (χ2v) is 5.53. The molecule has 3 heterocycles. The van der Waals surface area contributed by atoms with Crippen LogP contribution in [0.5, 0.6) is 5.75 Å². The van der Waals surface area contributed by atoms with Crippen molar-refractivity contribution >= 4 is 5.71 Å². The van der Waals surface area contributed by atoms with Crippen LogP contribution in [0, 0.1) is 5.92 Å². The van der Waals surface area contributed by atoms with Crippen LogP contribution in [0.25, 0.3) is 0 Å². The highest BCUT2D eigenvalue weighted by atomic mass is 16.5. The van der Waals surface area contributed by atoms with E-state index in [1.54, 1.807) is 12.0 Å². The van der Waals surface area contributed by atoms with E-state index >= 15 is 0 Å². The molecule has 2 bridgehead atoms. The normalized spacial score (nSPS) is 31.6. The van der Waals surface area contributed by atoms with Gasteiger partial charge in [0.2, 0.25) is 0 Å². The lowest BCUT2D eigenvalue weighted by Gasteiger charge is -2.42. The molecule has 1 aromatic carbocycles. The molecule has 1 atom stereocenters. The molecule has 0 amide bonds. The highest BCUT2D eigenvalue weighted by Gasteiger charge is 2.43. The summed E-state index contributed by atoms with van der Waals surface area (Å²) in [5.74, 6) is 1.42. The average molecular weight is 261 g/mol. The van der Waals surface area contributed by atoms with E-state index in [1.165, 1.54) is 18.7 Å². The van der Waals surface area contributed by atoms with Crippen LogP contribution in [0.15, 0.2) is 29.4 Å². The molecule has 0 spiro atoms. The number of methoxy groups -OCH3 is 1. The molecule has 1 aromatic rings. The monoisotopic (exact) mass is 261 g/mol. The molecule has 3 saturated heterocycles. The number of rotatable bonds is 3. The zero-order valence-corrected chi connectivity index (χ0v) is 11.3. The van der Waals surface area contributed by atoms with Crippen LogP contribution < -0.4 is 9.64 Å². The van der Waals surface area contributed by atoms with E-state index in [0.29, 0.717) is 12.0 Å². The lowest BCUT2D eigenvalue weighted by molar-refractivity contribution is -0.926. The van der Waals surface area contributed by atoms with Crippen molar-refractivity contribution in [3.8, 4) is 5.75 Å². The van der Waals surface area contributed by atoms with Crippen molar-refractivity contribution in [2.45, 2.75) is 25.3 Å². The lowest BCUT2D eigenvalue weighted by Crippen LogP contribution is -3.20. The van der Waals surface area contributed by atoms with Crippen molar-refractivity contribution in [2.75, 3.05) is 20.2 Å². The van der Waals surface area contributed by atoms with Crippen LogP contribution in [-0.2, 0) is 6.42 Å². The quantitative estimate of drug-likeness (QED) is 0.623. The maximum absolute atomic E-state index is 9.33. The van der Waals surface area contributed by atoms with Gasteiger partial charge in [-0.3, -0.25) is 0 Å². The van der Waals surface area contributed by atoms with Crippen LogP contribution >= 0.6 is 0 Å². The van der Waals surface area contributed by atoms with Gasteiger partial charge in [0.05, 0.1) is 20.2 Å². The molecule has 0 aliphatic carbocycles. The number of ether oxygens (including phenoxy) is 1. The summed E-state index contributed by atoms with van der Waals surface area (Å²) in [5.41, 5.74) is 2.20. The van der Waals surface area contributed by atoms with Gasteiger partial charge in [0, 0.05) is 30.7 Å². The molecule has 4 heteroatoms. The number of nitrogens with one attached hydrogen (secondary N) is 1. The Labute approximate surface area is 113 Å². The number of piperidine rings is 3. The fraction of sp³-hybridized carbons (Fsp3) is 0.533. The zero-order valence-electron chi connectivity index (χ0n) is 11.3. The van der Waals surface area contributed by atoms with Gasteiger partial charge in [-0.25, -0.2) is 0 Å². The largest absolute Gasteiger partial charge is 0.496 e. The smallest absolute Gasteiger partial charge is 0.134 e. The molecule has 4 rings (SSSR count). The van der Waals surface area contributed by atoms with Gasteiger partial charge >= 0.3 is 0 Å². The van der Waals surface area contributed by atoms with E-state index in [1.807, 2.05) is 18.2 Å². The summed E-state index contributed by atoms with van der Waals surface area (Å²) in [5, 5.41) is 12.9. The van der Waals surface area contributed by atoms with E-state index in [2.05, 4.69) is 11.2 Å². The molecule has 3 aliphatic rings. The fourth-order valence-electron chi connectivity index (χ4n) is 3.62. The molecule has 2 N–H and O–H groups in total. The number of fused-ring (bicyclic) bond motifs is 3. The third kappa shape index (κ3) is 2.21. The Balaban J connectivity index is 1.85. The minimum absolute atomic E-state index is 0.314. The van der Waals surface area contributed by atoms with Gasteiger partial charge < -0.3 is 14.8 Å². The van der Waals surface area contributed by atoms with Crippen LogP contribution in [0.1, 0.15) is 18.4 Å². The van der Waals surface area contributed by atoms with Gasteiger partial charge in [-0.1, -0.05) is 23.4 Å². The Morgan fingerprint density at radius 2 is 2.05 bits per heavy atom. The Morgan fingerprint density at radius 1 is 1.32 bits per heavy atom. The van der Waals surface area contributed by atoms with Gasteiger partial charge in [0.1, 0.15) is 17.5 Å². The zero-order chi connectivity index (χ0) is 13.2. The van der Waals surface area contributed by atoms with E-state index in [0.717, 1.165) is 30.7 Å². The Morgan fingerprint density at radius 3 is 2.74 bits per heavy atom. The summed E-state index contributed by atoms with van der Waals surface area (Å²) in [6.07, 6.45) is 3.23. The average Bonchev–Trinajstić information content (AvgIpc) is 2.49. The Hall–Kier alpha value is -1.55. The van der Waals surface area contributed by atoms with Crippen molar-refractivity contribution in [1.29, 1.82) is 0 Å². The maximum Gasteiger partial charge on any atom is 0.134 e. The minimum atomic E-state index is 0.314. The summed E-state index contributed by atoms with van der Waals surface area (Å²) in [7, 11) is 1.71. The number of hydrogen-bond donors (Lipinski definition) is 2. The summed E-state index contributed by atoms with van der Waals surface area (Å²) in [4.78, 5) is 1.56. The molecule has 4 nitrogen and oxygen atoms in total. The predicted molar refractivity (Wildman–Crippen MR) is 73.1 cm³/mol. The molecular weight excluding hydrogens is 240 g/mol. The topological polar surface area (TPSA) is 46.3 Å². The summed E-state index contributed by atoms with van der Waals surface area (Å²) < 4.78 is 5.42. The molecule has 0 saturated carbocycles. The number of quaternary nitrogens is 1. The first-order chi connectivity index (χ1) is 9.33. The van der Waals surface area contributed by atoms with Crippen LogP contribution in [0.3, 0.4) is 0 Å². The molecular formula is C15H21N2O2+. The van der Waals surface area contributed by atoms with Gasteiger partial charge in [0.15, 0.2) is 0 Å². The highest BCUT2D eigenvalue weighted by Crippen LogP contribution is 2.24. The molecule has 0 aromatic heterocycles. The van der Waals surface area contributed by atoms with E-state index in [4.69, 9.17) is 4.74 Å². The van der Waals surface area contributed by atoms with Gasteiger partial charge in [-0.2, -0.15) is 0 Å². The summed E-state index contributed by atoms with van der Waals surface area (Å²) in [6, 6.07) is 8.45. The number of benzene rings is 1. The van der Waals surface area contributed by atoms with Crippen molar-refractivity contribution in [2.24, 2.45) is 11.1 Å². The third-order valence-corrected chi connectivity index (χ3v) is 4.63. The molecule has 0 radical (unpaired) electrons. The number of nitrogens with zero attached hydrogens (tertiary/aromatic N) is 1. The molecule has 0 unspecified atom stereocenters. The van der Waals surface area contributed by atoms with Crippen LogP contribution in [0.4, 0.5) is 0 Å². The van der Waals surface area contributed by atoms with Crippen molar-refractivity contribution in [3.63, 3.8) is 0 Å². The molecule has 19 heavy (non-hydrogen) atoms. The van der Waals surface area contributed by atoms with Crippen molar-refractivity contribution in [3.05, 3.63) is 29.8 Å².